The monoisotopic (exact) mass is 473 g/mol. The summed E-state index contributed by atoms with van der Waals surface area (Å²) in [5, 5.41) is 5.50. The number of hydrogen-bond donors (Lipinski definition) is 2. The number of methoxy groups -OCH3 is 1. The summed E-state index contributed by atoms with van der Waals surface area (Å²) in [5.41, 5.74) is 3.02. The van der Waals surface area contributed by atoms with E-state index in [1.165, 1.54) is 0 Å². The van der Waals surface area contributed by atoms with Gasteiger partial charge in [-0.3, -0.25) is 19.5 Å². The van der Waals surface area contributed by atoms with E-state index < -0.39 is 11.8 Å². The van der Waals surface area contributed by atoms with Gasteiger partial charge in [0.1, 0.15) is 5.75 Å². The van der Waals surface area contributed by atoms with E-state index in [1.807, 2.05) is 66.9 Å². The van der Waals surface area contributed by atoms with Crippen molar-refractivity contribution in [3.63, 3.8) is 0 Å². The van der Waals surface area contributed by atoms with Gasteiger partial charge >= 0.3 is 11.8 Å². The average molecular weight is 474 g/mol. The number of rotatable bonds is 8. The molecule has 182 valence electrons. The molecule has 1 aliphatic rings. The second kappa shape index (κ2) is 12.0. The largest absolute Gasteiger partial charge is 0.495 e. The molecule has 1 atom stereocenters. The first-order chi connectivity index (χ1) is 17.2. The van der Waals surface area contributed by atoms with E-state index in [0.29, 0.717) is 13.1 Å². The Hall–Kier alpha value is -3.91. The summed E-state index contributed by atoms with van der Waals surface area (Å²) >= 11 is 0. The molecule has 1 aromatic heterocycles. The fraction of sp³-hybridized carbons (Fsp3) is 0.296. The predicted molar refractivity (Wildman–Crippen MR) is 135 cm³/mol. The van der Waals surface area contributed by atoms with Crippen LogP contribution < -0.4 is 20.3 Å². The molecule has 0 saturated carbocycles. The second-order valence-corrected chi connectivity index (χ2v) is 8.38. The van der Waals surface area contributed by atoms with Gasteiger partial charge in [-0.2, -0.15) is 0 Å². The maximum Gasteiger partial charge on any atom is 0.309 e. The number of aromatic nitrogens is 1. The van der Waals surface area contributed by atoms with Crippen molar-refractivity contribution in [2.45, 2.75) is 12.6 Å². The number of amides is 2. The first-order valence-corrected chi connectivity index (χ1v) is 11.8. The molecule has 4 rings (SSSR count). The summed E-state index contributed by atoms with van der Waals surface area (Å²) in [6.45, 7) is 3.87. The number of piperazine rings is 1. The molecule has 1 unspecified atom stereocenters. The predicted octanol–water partition coefficient (Wildman–Crippen LogP) is 2.39. The van der Waals surface area contributed by atoms with Gasteiger partial charge in [0.25, 0.3) is 0 Å². The molecule has 2 aromatic carbocycles. The minimum Gasteiger partial charge on any atom is -0.495 e. The third-order valence-corrected chi connectivity index (χ3v) is 6.21. The molecule has 8 heteroatoms. The van der Waals surface area contributed by atoms with Crippen LogP contribution in [0.3, 0.4) is 0 Å². The van der Waals surface area contributed by atoms with Crippen molar-refractivity contribution >= 4 is 17.5 Å². The Morgan fingerprint density at radius 2 is 1.63 bits per heavy atom. The van der Waals surface area contributed by atoms with Crippen molar-refractivity contribution in [1.82, 2.24) is 20.5 Å². The average Bonchev–Trinajstić information content (AvgIpc) is 2.93. The molecular formula is C27H31N5O3. The first kappa shape index (κ1) is 24.2. The van der Waals surface area contributed by atoms with Gasteiger partial charge in [0.2, 0.25) is 0 Å². The van der Waals surface area contributed by atoms with Gasteiger partial charge in [0, 0.05) is 51.7 Å². The lowest BCUT2D eigenvalue weighted by atomic mass is 10.1. The van der Waals surface area contributed by atoms with Crippen molar-refractivity contribution in [2.24, 2.45) is 0 Å². The number of pyridine rings is 1. The summed E-state index contributed by atoms with van der Waals surface area (Å²) in [6.07, 6.45) is 3.55. The van der Waals surface area contributed by atoms with E-state index >= 15 is 0 Å². The van der Waals surface area contributed by atoms with Crippen LogP contribution in [0.2, 0.25) is 0 Å². The first-order valence-electron chi connectivity index (χ1n) is 11.8. The molecule has 0 bridgehead atoms. The molecule has 1 saturated heterocycles. The van der Waals surface area contributed by atoms with Crippen LogP contribution in [0.15, 0.2) is 79.1 Å². The zero-order valence-corrected chi connectivity index (χ0v) is 19.9. The Kier molecular flexibility index (Phi) is 8.30. The topological polar surface area (TPSA) is 86.8 Å². The molecule has 2 amide bonds. The highest BCUT2D eigenvalue weighted by atomic mass is 16.5. The van der Waals surface area contributed by atoms with Gasteiger partial charge in [-0.15, -0.1) is 0 Å². The van der Waals surface area contributed by atoms with E-state index in [9.17, 15) is 9.59 Å². The summed E-state index contributed by atoms with van der Waals surface area (Å²) < 4.78 is 5.53. The van der Waals surface area contributed by atoms with Crippen molar-refractivity contribution < 1.29 is 14.3 Å². The highest BCUT2D eigenvalue weighted by molar-refractivity contribution is 6.35. The molecule has 2 N–H and O–H groups in total. The number of nitrogens with one attached hydrogen (secondary N) is 2. The molecular weight excluding hydrogens is 442 g/mol. The Morgan fingerprint density at radius 1 is 0.914 bits per heavy atom. The number of para-hydroxylation sites is 2. The van der Waals surface area contributed by atoms with Gasteiger partial charge in [-0.1, -0.05) is 48.5 Å². The van der Waals surface area contributed by atoms with Crippen LogP contribution in [-0.2, 0) is 16.1 Å². The Morgan fingerprint density at radius 3 is 2.34 bits per heavy atom. The number of carbonyl (C=O) groups is 2. The van der Waals surface area contributed by atoms with E-state index in [2.05, 4.69) is 31.5 Å². The molecule has 0 radical (unpaired) electrons. The smallest absolute Gasteiger partial charge is 0.309 e. The maximum absolute atomic E-state index is 12.5. The van der Waals surface area contributed by atoms with Crippen molar-refractivity contribution in [2.75, 3.05) is 44.7 Å². The molecule has 0 aliphatic carbocycles. The van der Waals surface area contributed by atoms with Crippen molar-refractivity contribution in [3.8, 4) is 5.75 Å². The lowest BCUT2D eigenvalue weighted by Gasteiger charge is -2.40. The Labute approximate surface area is 205 Å². The fourth-order valence-corrected chi connectivity index (χ4v) is 4.32. The molecule has 3 aromatic rings. The van der Waals surface area contributed by atoms with Gasteiger partial charge in [-0.05, 0) is 29.3 Å². The quantitative estimate of drug-likeness (QED) is 0.489. The van der Waals surface area contributed by atoms with E-state index in [0.717, 1.165) is 48.7 Å². The van der Waals surface area contributed by atoms with E-state index in [1.54, 1.807) is 13.3 Å². The lowest BCUT2D eigenvalue weighted by Crippen LogP contribution is -2.51. The number of nitrogens with zero attached hydrogens (tertiary/aromatic N) is 3. The Bertz CT molecular complexity index is 1100. The zero-order valence-electron chi connectivity index (χ0n) is 19.9. The third kappa shape index (κ3) is 6.36. The number of benzene rings is 2. The van der Waals surface area contributed by atoms with Crippen LogP contribution in [0.5, 0.6) is 5.75 Å². The van der Waals surface area contributed by atoms with Gasteiger partial charge in [-0.25, -0.2) is 0 Å². The van der Waals surface area contributed by atoms with Crippen LogP contribution >= 0.6 is 0 Å². The van der Waals surface area contributed by atoms with Gasteiger partial charge in [0.05, 0.1) is 18.8 Å². The highest BCUT2D eigenvalue weighted by Gasteiger charge is 2.27. The second-order valence-electron chi connectivity index (χ2n) is 8.38. The fourth-order valence-electron chi connectivity index (χ4n) is 4.32. The van der Waals surface area contributed by atoms with Gasteiger partial charge in [0.15, 0.2) is 0 Å². The number of anilines is 1. The van der Waals surface area contributed by atoms with E-state index in [4.69, 9.17) is 4.74 Å². The molecule has 35 heavy (non-hydrogen) atoms. The van der Waals surface area contributed by atoms with Crippen LogP contribution in [0.1, 0.15) is 17.2 Å². The molecule has 8 nitrogen and oxygen atoms in total. The number of hydrogen-bond acceptors (Lipinski definition) is 6. The van der Waals surface area contributed by atoms with E-state index in [-0.39, 0.29) is 6.04 Å². The van der Waals surface area contributed by atoms with Crippen LogP contribution in [-0.4, -0.2) is 61.5 Å². The molecule has 1 fully saturated rings. The van der Waals surface area contributed by atoms with Crippen LogP contribution in [0, 0.1) is 0 Å². The summed E-state index contributed by atoms with van der Waals surface area (Å²) in [4.78, 5) is 33.7. The molecule has 2 heterocycles. The minimum absolute atomic E-state index is 0.0885. The molecule has 0 spiro atoms. The normalized spacial score (nSPS) is 14.7. The summed E-state index contributed by atoms with van der Waals surface area (Å²) in [5.74, 6) is -0.416. The number of carbonyl (C=O) groups excluding carboxylic acids is 2. The van der Waals surface area contributed by atoms with Crippen molar-refractivity contribution in [1.29, 1.82) is 0 Å². The summed E-state index contributed by atoms with van der Waals surface area (Å²) in [6, 6.07) is 21.3. The highest BCUT2D eigenvalue weighted by Crippen LogP contribution is 2.30. The van der Waals surface area contributed by atoms with Gasteiger partial charge < -0.3 is 20.3 Å². The minimum atomic E-state index is -0.639. The van der Waals surface area contributed by atoms with Crippen molar-refractivity contribution in [3.05, 3.63) is 90.3 Å². The Balaban J connectivity index is 1.36. The summed E-state index contributed by atoms with van der Waals surface area (Å²) in [7, 11) is 1.69. The van der Waals surface area contributed by atoms with Crippen LogP contribution in [0.25, 0.3) is 0 Å². The SMILES string of the molecule is COc1ccccc1N1CCN(C(CNC(=O)C(=O)NCc2ccccc2)c2cccnc2)CC1. The molecule has 1 aliphatic heterocycles. The zero-order chi connectivity index (χ0) is 24.5. The number of ether oxygens (including phenoxy) is 1. The third-order valence-electron chi connectivity index (χ3n) is 6.21. The maximum atomic E-state index is 12.5. The van der Waals surface area contributed by atoms with Crippen LogP contribution in [0.4, 0.5) is 5.69 Å². The lowest BCUT2D eigenvalue weighted by molar-refractivity contribution is -0.139. The standard InChI is InChI=1S/C27H31N5O3/c1-35-25-12-6-5-11-23(25)31-14-16-32(17-15-31)24(22-10-7-13-28-19-22)20-30-27(34)26(33)29-18-21-8-3-2-4-9-21/h2-13,19,24H,14-18,20H2,1H3,(H,29,33)(H,30,34).